The van der Waals surface area contributed by atoms with Crippen LogP contribution in [0.5, 0.6) is 0 Å². The molecular formula is C14H12N2S. The maximum atomic E-state index is 5.04. The Balaban J connectivity index is 2.17. The predicted octanol–water partition coefficient (Wildman–Crippen LogP) is 3.05. The third-order valence-corrected chi connectivity index (χ3v) is 3.23. The van der Waals surface area contributed by atoms with Gasteiger partial charge in [-0.3, -0.25) is 0 Å². The second-order valence-corrected chi connectivity index (χ2v) is 4.24. The Bertz CT molecular complexity index is 586. The van der Waals surface area contributed by atoms with Crippen LogP contribution in [0.4, 0.5) is 5.69 Å². The SMILES string of the molecule is S=CC1NC=CN1c1cccc2ccccc12. The van der Waals surface area contributed by atoms with E-state index in [1.165, 1.54) is 16.5 Å². The minimum atomic E-state index is 0.0656. The van der Waals surface area contributed by atoms with Gasteiger partial charge in [0.1, 0.15) is 6.17 Å². The molecule has 1 atom stereocenters. The van der Waals surface area contributed by atoms with Crippen LogP contribution in [0.1, 0.15) is 0 Å². The molecule has 0 saturated heterocycles. The van der Waals surface area contributed by atoms with Crippen LogP contribution < -0.4 is 10.2 Å². The van der Waals surface area contributed by atoms with Gasteiger partial charge in [0.25, 0.3) is 0 Å². The van der Waals surface area contributed by atoms with E-state index < -0.39 is 0 Å². The summed E-state index contributed by atoms with van der Waals surface area (Å²) in [5, 5.41) is 7.43. The molecule has 3 rings (SSSR count). The molecule has 0 aliphatic carbocycles. The molecule has 2 aromatic rings. The molecule has 2 nitrogen and oxygen atoms in total. The van der Waals surface area contributed by atoms with Crippen molar-refractivity contribution in [2.24, 2.45) is 0 Å². The monoisotopic (exact) mass is 240 g/mol. The molecule has 0 aromatic heterocycles. The number of hydrogen-bond acceptors (Lipinski definition) is 3. The number of nitrogens with zero attached hydrogens (tertiary/aromatic N) is 1. The van der Waals surface area contributed by atoms with Crippen molar-refractivity contribution in [2.75, 3.05) is 4.90 Å². The maximum Gasteiger partial charge on any atom is 0.132 e. The fraction of sp³-hybridized carbons (Fsp3) is 0.0714. The molecule has 1 heterocycles. The first-order valence-corrected chi connectivity index (χ1v) is 6.01. The van der Waals surface area contributed by atoms with Crippen molar-refractivity contribution < 1.29 is 0 Å². The number of anilines is 1. The Morgan fingerprint density at radius 3 is 2.82 bits per heavy atom. The molecule has 0 spiro atoms. The summed E-state index contributed by atoms with van der Waals surface area (Å²) in [7, 11) is 0. The average Bonchev–Trinajstić information content (AvgIpc) is 2.86. The highest BCUT2D eigenvalue weighted by molar-refractivity contribution is 7.79. The van der Waals surface area contributed by atoms with Gasteiger partial charge in [-0.2, -0.15) is 0 Å². The number of fused-ring (bicyclic) bond motifs is 1. The van der Waals surface area contributed by atoms with Crippen LogP contribution in [-0.4, -0.2) is 11.5 Å². The lowest BCUT2D eigenvalue weighted by Crippen LogP contribution is -2.36. The van der Waals surface area contributed by atoms with E-state index in [0.29, 0.717) is 0 Å². The van der Waals surface area contributed by atoms with Gasteiger partial charge in [0.15, 0.2) is 0 Å². The molecule has 0 bridgehead atoms. The zero-order valence-electron chi connectivity index (χ0n) is 9.21. The third kappa shape index (κ3) is 1.68. The van der Waals surface area contributed by atoms with Crippen molar-refractivity contribution in [2.45, 2.75) is 6.17 Å². The first kappa shape index (κ1) is 10.3. The van der Waals surface area contributed by atoms with E-state index in [-0.39, 0.29) is 6.17 Å². The van der Waals surface area contributed by atoms with Gasteiger partial charge in [-0.15, -0.1) is 0 Å². The molecule has 1 unspecified atom stereocenters. The van der Waals surface area contributed by atoms with Crippen LogP contribution in [0.3, 0.4) is 0 Å². The zero-order chi connectivity index (χ0) is 11.7. The lowest BCUT2D eigenvalue weighted by atomic mass is 10.1. The predicted molar refractivity (Wildman–Crippen MR) is 76.1 cm³/mol. The zero-order valence-corrected chi connectivity index (χ0v) is 10.0. The molecule has 2 aromatic carbocycles. The smallest absolute Gasteiger partial charge is 0.132 e. The van der Waals surface area contributed by atoms with Crippen molar-refractivity contribution in [1.82, 2.24) is 5.32 Å². The third-order valence-electron chi connectivity index (χ3n) is 2.98. The van der Waals surface area contributed by atoms with Gasteiger partial charge in [0.2, 0.25) is 0 Å². The average molecular weight is 240 g/mol. The Labute approximate surface area is 106 Å². The van der Waals surface area contributed by atoms with Crippen molar-refractivity contribution >= 4 is 34.0 Å². The van der Waals surface area contributed by atoms with Crippen molar-refractivity contribution in [1.29, 1.82) is 0 Å². The van der Waals surface area contributed by atoms with Crippen molar-refractivity contribution in [3.05, 3.63) is 54.9 Å². The van der Waals surface area contributed by atoms with E-state index in [1.807, 2.05) is 12.4 Å². The van der Waals surface area contributed by atoms with Crippen LogP contribution >= 0.6 is 12.2 Å². The maximum absolute atomic E-state index is 5.04. The molecule has 1 aliphatic heterocycles. The summed E-state index contributed by atoms with van der Waals surface area (Å²) in [5.74, 6) is 0. The summed E-state index contributed by atoms with van der Waals surface area (Å²) in [5.41, 5.74) is 1.18. The van der Waals surface area contributed by atoms with Gasteiger partial charge in [0.05, 0.1) is 5.69 Å². The molecule has 1 N–H and O–H groups in total. The van der Waals surface area contributed by atoms with E-state index >= 15 is 0 Å². The highest BCUT2D eigenvalue weighted by Crippen LogP contribution is 2.28. The van der Waals surface area contributed by atoms with Gasteiger partial charge in [-0.25, -0.2) is 0 Å². The van der Waals surface area contributed by atoms with E-state index in [4.69, 9.17) is 12.2 Å². The molecule has 17 heavy (non-hydrogen) atoms. The first-order valence-electron chi connectivity index (χ1n) is 5.54. The Kier molecular flexibility index (Phi) is 2.53. The van der Waals surface area contributed by atoms with E-state index in [1.54, 1.807) is 5.37 Å². The summed E-state index contributed by atoms with van der Waals surface area (Å²) in [6, 6.07) is 14.7. The van der Waals surface area contributed by atoms with Crippen LogP contribution in [-0.2, 0) is 0 Å². The number of thiocarbonyl (C=S) groups is 1. The Morgan fingerprint density at radius 1 is 1.12 bits per heavy atom. The molecule has 0 fully saturated rings. The minimum Gasteiger partial charge on any atom is -0.366 e. The topological polar surface area (TPSA) is 15.3 Å². The van der Waals surface area contributed by atoms with Crippen LogP contribution in [0.25, 0.3) is 10.8 Å². The quantitative estimate of drug-likeness (QED) is 0.812. The first-order chi connectivity index (χ1) is 8.40. The lowest BCUT2D eigenvalue weighted by molar-refractivity contribution is 0.810. The highest BCUT2D eigenvalue weighted by atomic mass is 32.1. The van der Waals surface area contributed by atoms with E-state index in [9.17, 15) is 0 Å². The summed E-state index contributed by atoms with van der Waals surface area (Å²) in [4.78, 5) is 2.15. The number of rotatable bonds is 2. The number of benzene rings is 2. The minimum absolute atomic E-state index is 0.0656. The van der Waals surface area contributed by atoms with Gasteiger partial charge in [0, 0.05) is 23.2 Å². The van der Waals surface area contributed by atoms with Crippen LogP contribution in [0.2, 0.25) is 0 Å². The van der Waals surface area contributed by atoms with Crippen molar-refractivity contribution in [3.63, 3.8) is 0 Å². The Morgan fingerprint density at radius 2 is 1.94 bits per heavy atom. The second-order valence-electron chi connectivity index (χ2n) is 3.97. The fourth-order valence-corrected chi connectivity index (χ4v) is 2.37. The molecular weight excluding hydrogens is 228 g/mol. The molecule has 0 amide bonds. The van der Waals surface area contributed by atoms with E-state index in [0.717, 1.165) is 0 Å². The van der Waals surface area contributed by atoms with Crippen molar-refractivity contribution in [3.8, 4) is 0 Å². The molecule has 1 aliphatic rings. The van der Waals surface area contributed by atoms with Crippen LogP contribution in [0, 0.1) is 0 Å². The van der Waals surface area contributed by atoms with Gasteiger partial charge >= 0.3 is 0 Å². The van der Waals surface area contributed by atoms with Gasteiger partial charge < -0.3 is 10.2 Å². The molecule has 3 heteroatoms. The summed E-state index contributed by atoms with van der Waals surface area (Å²) < 4.78 is 0. The van der Waals surface area contributed by atoms with E-state index in [2.05, 4.69) is 52.7 Å². The summed E-state index contributed by atoms with van der Waals surface area (Å²) in [6.07, 6.45) is 4.01. The largest absolute Gasteiger partial charge is 0.366 e. The normalized spacial score (nSPS) is 18.4. The molecule has 0 radical (unpaired) electrons. The molecule has 0 saturated carbocycles. The standard InChI is InChI=1S/C14H12N2S/c17-10-14-15-8-9-16(14)13-7-3-5-11-4-1-2-6-12(11)13/h1-10,14-15H. The van der Waals surface area contributed by atoms with Crippen LogP contribution in [0.15, 0.2) is 54.9 Å². The van der Waals surface area contributed by atoms with Gasteiger partial charge in [-0.05, 0) is 11.5 Å². The summed E-state index contributed by atoms with van der Waals surface area (Å²) in [6.45, 7) is 0. The lowest BCUT2D eigenvalue weighted by Gasteiger charge is -2.23. The highest BCUT2D eigenvalue weighted by Gasteiger charge is 2.18. The molecule has 84 valence electrons. The second kappa shape index (κ2) is 4.18. The summed E-state index contributed by atoms with van der Waals surface area (Å²) >= 11 is 5.04. The number of hydrogen-bond donors (Lipinski definition) is 1. The Hall–Kier alpha value is -1.87. The van der Waals surface area contributed by atoms with Gasteiger partial charge in [-0.1, -0.05) is 48.6 Å². The number of nitrogens with one attached hydrogen (secondary N) is 1. The fourth-order valence-electron chi connectivity index (χ4n) is 2.16.